The Morgan fingerprint density at radius 2 is 2.43 bits per heavy atom. The molecular formula is C15H17N3OS2. The van der Waals surface area contributed by atoms with Crippen molar-refractivity contribution in [3.05, 3.63) is 29.4 Å². The molecule has 1 aliphatic rings. The average Bonchev–Trinajstić information content (AvgIpc) is 3.05. The molecule has 2 aromatic rings. The molecule has 110 valence electrons. The van der Waals surface area contributed by atoms with Crippen LogP contribution in [0.4, 0.5) is 0 Å². The lowest BCUT2D eigenvalue weighted by Gasteiger charge is -2.11. The summed E-state index contributed by atoms with van der Waals surface area (Å²) in [5.74, 6) is 0.0125. The molecular weight excluding hydrogens is 302 g/mol. The molecule has 0 unspecified atom stereocenters. The molecule has 6 heteroatoms. The molecule has 2 aromatic heterocycles. The second kappa shape index (κ2) is 6.15. The minimum absolute atomic E-state index is 0.0125. The van der Waals surface area contributed by atoms with Gasteiger partial charge in [0.05, 0.1) is 5.25 Å². The van der Waals surface area contributed by atoms with E-state index >= 15 is 0 Å². The first-order valence-corrected chi connectivity index (χ1v) is 8.71. The van der Waals surface area contributed by atoms with Crippen molar-refractivity contribution >= 4 is 39.2 Å². The van der Waals surface area contributed by atoms with Crippen LogP contribution in [-0.4, -0.2) is 27.7 Å². The Hall–Kier alpha value is -1.40. The van der Waals surface area contributed by atoms with Crippen LogP contribution in [0.25, 0.3) is 10.2 Å². The van der Waals surface area contributed by atoms with Crippen LogP contribution in [0, 0.1) is 0 Å². The predicted octanol–water partition coefficient (Wildman–Crippen LogP) is 2.96. The third-order valence-corrected chi connectivity index (χ3v) is 5.85. The van der Waals surface area contributed by atoms with Gasteiger partial charge in [-0.3, -0.25) is 4.79 Å². The van der Waals surface area contributed by atoms with Gasteiger partial charge < -0.3 is 5.32 Å². The Kier molecular flexibility index (Phi) is 4.26. The lowest BCUT2D eigenvalue weighted by molar-refractivity contribution is -0.120. The van der Waals surface area contributed by atoms with Gasteiger partial charge in [-0.2, -0.15) is 0 Å². The molecule has 1 atom stereocenters. The maximum atomic E-state index is 12.0. The number of thiophene rings is 1. The Morgan fingerprint density at radius 3 is 3.24 bits per heavy atom. The van der Waals surface area contributed by atoms with E-state index in [9.17, 15) is 4.79 Å². The van der Waals surface area contributed by atoms with Gasteiger partial charge in [0.2, 0.25) is 5.91 Å². The minimum atomic E-state index is -0.181. The maximum Gasteiger partial charge on any atom is 0.233 e. The number of aromatic nitrogens is 2. The lowest BCUT2D eigenvalue weighted by atomic mass is 10.2. The molecule has 4 nitrogen and oxygen atoms in total. The molecule has 1 amide bonds. The number of aryl methyl sites for hydroxylation is 2. The summed E-state index contributed by atoms with van der Waals surface area (Å²) in [5, 5.41) is 4.75. The van der Waals surface area contributed by atoms with Crippen molar-refractivity contribution in [3.8, 4) is 0 Å². The molecule has 0 aliphatic heterocycles. The van der Waals surface area contributed by atoms with Gasteiger partial charge in [-0.1, -0.05) is 17.8 Å². The molecule has 3 rings (SSSR count). The third kappa shape index (κ3) is 2.82. The Labute approximate surface area is 132 Å². The second-order valence-electron chi connectivity index (χ2n) is 5.01. The first-order valence-electron chi connectivity index (χ1n) is 7.01. The minimum Gasteiger partial charge on any atom is -0.352 e. The van der Waals surface area contributed by atoms with Gasteiger partial charge in [0.1, 0.15) is 16.2 Å². The van der Waals surface area contributed by atoms with Crippen LogP contribution in [0.1, 0.15) is 23.8 Å². The van der Waals surface area contributed by atoms with E-state index in [1.807, 2.05) is 6.92 Å². The maximum absolute atomic E-state index is 12.0. The van der Waals surface area contributed by atoms with Crippen LogP contribution in [0.3, 0.4) is 0 Å². The van der Waals surface area contributed by atoms with Crippen molar-refractivity contribution in [2.45, 2.75) is 36.5 Å². The molecule has 1 N–H and O–H groups in total. The summed E-state index contributed by atoms with van der Waals surface area (Å²) >= 11 is 3.28. The topological polar surface area (TPSA) is 54.9 Å². The van der Waals surface area contributed by atoms with E-state index in [1.54, 1.807) is 23.7 Å². The van der Waals surface area contributed by atoms with Crippen molar-refractivity contribution < 1.29 is 4.79 Å². The predicted molar refractivity (Wildman–Crippen MR) is 88.0 cm³/mol. The first kappa shape index (κ1) is 14.5. The smallest absolute Gasteiger partial charge is 0.233 e. The van der Waals surface area contributed by atoms with Crippen LogP contribution >= 0.6 is 23.1 Å². The fourth-order valence-electron chi connectivity index (χ4n) is 2.53. The van der Waals surface area contributed by atoms with Crippen LogP contribution in [-0.2, 0) is 17.6 Å². The van der Waals surface area contributed by atoms with E-state index in [0.29, 0.717) is 6.54 Å². The number of thioether (sulfide) groups is 1. The monoisotopic (exact) mass is 319 g/mol. The summed E-state index contributed by atoms with van der Waals surface area (Å²) < 4.78 is 0. The zero-order valence-electron chi connectivity index (χ0n) is 11.9. The van der Waals surface area contributed by atoms with E-state index in [1.165, 1.54) is 34.0 Å². The summed E-state index contributed by atoms with van der Waals surface area (Å²) in [4.78, 5) is 23.3. The van der Waals surface area contributed by atoms with E-state index in [0.717, 1.165) is 22.7 Å². The molecule has 0 aromatic carbocycles. The van der Waals surface area contributed by atoms with Gasteiger partial charge in [0.25, 0.3) is 0 Å². The number of rotatable bonds is 5. The summed E-state index contributed by atoms with van der Waals surface area (Å²) in [6, 6.07) is 0. The highest BCUT2D eigenvalue weighted by molar-refractivity contribution is 8.00. The normalized spacial score (nSPS) is 14.9. The Morgan fingerprint density at radius 1 is 1.57 bits per heavy atom. The average molecular weight is 319 g/mol. The van der Waals surface area contributed by atoms with Crippen molar-refractivity contribution in [2.24, 2.45) is 0 Å². The van der Waals surface area contributed by atoms with Crippen molar-refractivity contribution in [2.75, 3.05) is 6.54 Å². The van der Waals surface area contributed by atoms with Gasteiger partial charge >= 0.3 is 0 Å². The fraction of sp³-hybridized carbons (Fsp3) is 0.400. The lowest BCUT2D eigenvalue weighted by Crippen LogP contribution is -2.30. The van der Waals surface area contributed by atoms with Gasteiger partial charge in [0, 0.05) is 16.8 Å². The van der Waals surface area contributed by atoms with Gasteiger partial charge in [-0.25, -0.2) is 9.97 Å². The molecule has 0 fully saturated rings. The summed E-state index contributed by atoms with van der Waals surface area (Å²) in [5.41, 5.74) is 1.40. The number of nitrogens with zero attached hydrogens (tertiary/aromatic N) is 2. The molecule has 0 spiro atoms. The molecule has 0 bridgehead atoms. The second-order valence-corrected chi connectivity index (χ2v) is 7.42. The van der Waals surface area contributed by atoms with Crippen molar-refractivity contribution in [3.63, 3.8) is 0 Å². The van der Waals surface area contributed by atoms with E-state index in [2.05, 4.69) is 21.9 Å². The number of nitrogens with one attached hydrogen (secondary N) is 1. The number of amides is 1. The molecule has 0 saturated carbocycles. The fourth-order valence-corrected chi connectivity index (χ4v) is 4.79. The van der Waals surface area contributed by atoms with Crippen LogP contribution in [0.15, 0.2) is 24.0 Å². The first-order chi connectivity index (χ1) is 10.2. The summed E-state index contributed by atoms with van der Waals surface area (Å²) in [6.45, 7) is 6.01. The highest BCUT2D eigenvalue weighted by Crippen LogP contribution is 2.40. The number of hydrogen-bond acceptors (Lipinski definition) is 5. The summed E-state index contributed by atoms with van der Waals surface area (Å²) in [6.07, 6.45) is 6.75. The number of fused-ring (bicyclic) bond motifs is 3. The van der Waals surface area contributed by atoms with Crippen LogP contribution in [0.2, 0.25) is 0 Å². The number of carbonyl (C=O) groups is 1. The molecule has 2 heterocycles. The Balaban J connectivity index is 1.87. The standard InChI is InChI=1S/C15H17N3OS2/c1-3-7-16-13(19)9(2)20-14-12-10-5-4-6-11(10)21-15(12)18-8-17-14/h3,8-9H,1,4-7H2,2H3,(H,16,19)/t9-/m1/s1. The quantitative estimate of drug-likeness (QED) is 0.523. The number of hydrogen-bond donors (Lipinski definition) is 1. The third-order valence-electron chi connectivity index (χ3n) is 3.54. The number of carbonyl (C=O) groups excluding carboxylic acids is 1. The zero-order valence-corrected chi connectivity index (χ0v) is 13.5. The highest BCUT2D eigenvalue weighted by Gasteiger charge is 2.23. The SMILES string of the molecule is C=CCNC(=O)[C@@H](C)Sc1ncnc2sc3c(c12)CCC3. The van der Waals surface area contributed by atoms with Gasteiger partial charge in [-0.05, 0) is 31.7 Å². The Bertz CT molecular complexity index is 696. The zero-order chi connectivity index (χ0) is 14.8. The van der Waals surface area contributed by atoms with E-state index < -0.39 is 0 Å². The largest absolute Gasteiger partial charge is 0.352 e. The molecule has 0 radical (unpaired) electrons. The van der Waals surface area contributed by atoms with Crippen molar-refractivity contribution in [1.82, 2.24) is 15.3 Å². The highest BCUT2D eigenvalue weighted by atomic mass is 32.2. The van der Waals surface area contributed by atoms with Crippen molar-refractivity contribution in [1.29, 1.82) is 0 Å². The van der Waals surface area contributed by atoms with E-state index in [4.69, 9.17) is 0 Å². The molecule has 0 saturated heterocycles. The van der Waals surface area contributed by atoms with Crippen LogP contribution < -0.4 is 5.32 Å². The van der Waals surface area contributed by atoms with Gasteiger partial charge in [-0.15, -0.1) is 17.9 Å². The van der Waals surface area contributed by atoms with Gasteiger partial charge in [0.15, 0.2) is 0 Å². The molecule has 1 aliphatic carbocycles. The van der Waals surface area contributed by atoms with E-state index in [-0.39, 0.29) is 11.2 Å². The molecule has 21 heavy (non-hydrogen) atoms. The van der Waals surface area contributed by atoms with Crippen LogP contribution in [0.5, 0.6) is 0 Å². The summed E-state index contributed by atoms with van der Waals surface area (Å²) in [7, 11) is 0.